The number of hydrogen-bond acceptors (Lipinski definition) is 6. The van der Waals surface area contributed by atoms with Crippen LogP contribution in [0.5, 0.6) is 5.75 Å². The monoisotopic (exact) mass is 297 g/mol. The molecule has 0 aliphatic carbocycles. The van der Waals surface area contributed by atoms with Gasteiger partial charge in [-0.3, -0.25) is 0 Å². The van der Waals surface area contributed by atoms with E-state index in [0.29, 0.717) is 5.56 Å². The molecule has 1 aromatic heterocycles. The Kier molecular flexibility index (Phi) is 3.49. The molecule has 1 N–H and O–H groups in total. The number of ether oxygens (including phenoxy) is 1. The maximum absolute atomic E-state index is 11.7. The first-order valence-electron chi connectivity index (χ1n) is 5.41. The van der Waals surface area contributed by atoms with E-state index >= 15 is 0 Å². The molecule has 2 aromatic rings. The predicted octanol–water partition coefficient (Wildman–Crippen LogP) is 1.45. The van der Waals surface area contributed by atoms with Crippen molar-refractivity contribution in [1.29, 1.82) is 0 Å². The van der Waals surface area contributed by atoms with Gasteiger partial charge in [0.15, 0.2) is 21.3 Å². The van der Waals surface area contributed by atoms with Gasteiger partial charge in [0.25, 0.3) is 0 Å². The van der Waals surface area contributed by atoms with Gasteiger partial charge in [-0.1, -0.05) is 5.16 Å². The highest BCUT2D eigenvalue weighted by atomic mass is 32.2. The molecular weight excluding hydrogens is 286 g/mol. The number of benzene rings is 1. The van der Waals surface area contributed by atoms with Crippen LogP contribution in [0.4, 0.5) is 0 Å². The predicted molar refractivity (Wildman–Crippen MR) is 68.6 cm³/mol. The van der Waals surface area contributed by atoms with Crippen LogP contribution >= 0.6 is 0 Å². The summed E-state index contributed by atoms with van der Waals surface area (Å²) in [5.74, 6) is -0.860. The van der Waals surface area contributed by atoms with Gasteiger partial charge in [-0.25, -0.2) is 13.2 Å². The van der Waals surface area contributed by atoms with Crippen molar-refractivity contribution in [3.63, 3.8) is 0 Å². The second-order valence-corrected chi connectivity index (χ2v) is 6.00. The molecule has 20 heavy (non-hydrogen) atoms. The number of hydrogen-bond donors (Lipinski definition) is 1. The number of rotatable bonds is 4. The zero-order valence-corrected chi connectivity index (χ0v) is 11.5. The van der Waals surface area contributed by atoms with Gasteiger partial charge < -0.3 is 14.4 Å². The molecule has 0 saturated carbocycles. The number of methoxy groups -OCH3 is 1. The minimum atomic E-state index is -3.49. The topological polar surface area (TPSA) is 107 Å². The molecule has 0 fully saturated rings. The summed E-state index contributed by atoms with van der Waals surface area (Å²) in [5, 5.41) is 12.1. The smallest absolute Gasteiger partial charge is 0.358 e. The fourth-order valence-electron chi connectivity index (χ4n) is 1.63. The third-order valence-electron chi connectivity index (χ3n) is 2.58. The lowest BCUT2D eigenvalue weighted by Crippen LogP contribution is -2.01. The number of aromatic nitrogens is 1. The molecule has 7 nitrogen and oxygen atoms in total. The highest BCUT2D eigenvalue weighted by Gasteiger charge is 2.18. The van der Waals surface area contributed by atoms with Crippen molar-refractivity contribution >= 4 is 15.8 Å². The Morgan fingerprint density at radius 2 is 2.05 bits per heavy atom. The Hall–Kier alpha value is -2.35. The molecule has 0 amide bonds. The Morgan fingerprint density at radius 1 is 1.35 bits per heavy atom. The standard InChI is InChI=1S/C12H11NO6S/c1-18-9-4-3-7(5-11(9)20(2,16)17)10-6-8(12(14)15)13-19-10/h3-6H,1-2H3,(H,14,15). The van der Waals surface area contributed by atoms with Gasteiger partial charge >= 0.3 is 5.97 Å². The van der Waals surface area contributed by atoms with Gasteiger partial charge in [-0.2, -0.15) is 0 Å². The third-order valence-corrected chi connectivity index (χ3v) is 3.69. The summed E-state index contributed by atoms with van der Waals surface area (Å²) in [6.45, 7) is 0. The van der Waals surface area contributed by atoms with Crippen LogP contribution in [-0.4, -0.2) is 38.0 Å². The van der Waals surface area contributed by atoms with Gasteiger partial charge in [0.2, 0.25) is 0 Å². The first-order chi connectivity index (χ1) is 9.32. The molecule has 0 saturated heterocycles. The van der Waals surface area contributed by atoms with Crippen molar-refractivity contribution in [2.24, 2.45) is 0 Å². The molecule has 0 aliphatic rings. The highest BCUT2D eigenvalue weighted by molar-refractivity contribution is 7.90. The molecule has 0 spiro atoms. The number of sulfone groups is 1. The summed E-state index contributed by atoms with van der Waals surface area (Å²) in [7, 11) is -2.13. The van der Waals surface area contributed by atoms with E-state index in [4.69, 9.17) is 14.4 Å². The lowest BCUT2D eigenvalue weighted by atomic mass is 10.1. The average molecular weight is 297 g/mol. The average Bonchev–Trinajstić information content (AvgIpc) is 2.86. The molecule has 2 rings (SSSR count). The summed E-state index contributed by atoms with van der Waals surface area (Å²) in [4.78, 5) is 10.7. The maximum Gasteiger partial charge on any atom is 0.358 e. The van der Waals surface area contributed by atoms with E-state index in [-0.39, 0.29) is 22.1 Å². The summed E-state index contributed by atoms with van der Waals surface area (Å²) in [5.41, 5.74) is 0.142. The van der Waals surface area contributed by atoms with Crippen molar-refractivity contribution in [2.45, 2.75) is 4.90 Å². The van der Waals surface area contributed by atoms with E-state index in [2.05, 4.69) is 5.16 Å². The molecular formula is C12H11NO6S. The number of carbonyl (C=O) groups is 1. The van der Waals surface area contributed by atoms with Crippen molar-refractivity contribution in [2.75, 3.05) is 13.4 Å². The molecule has 0 aliphatic heterocycles. The van der Waals surface area contributed by atoms with Crippen LogP contribution in [0.1, 0.15) is 10.5 Å². The number of carboxylic acids is 1. The van der Waals surface area contributed by atoms with Crippen molar-refractivity contribution in [1.82, 2.24) is 5.16 Å². The van der Waals surface area contributed by atoms with Crippen LogP contribution < -0.4 is 4.74 Å². The largest absolute Gasteiger partial charge is 0.495 e. The quantitative estimate of drug-likeness (QED) is 0.910. The lowest BCUT2D eigenvalue weighted by molar-refractivity contribution is 0.0686. The zero-order chi connectivity index (χ0) is 14.9. The minimum Gasteiger partial charge on any atom is -0.495 e. The summed E-state index contributed by atoms with van der Waals surface area (Å²) in [6.07, 6.45) is 1.05. The van der Waals surface area contributed by atoms with E-state index in [1.54, 1.807) is 6.07 Å². The van der Waals surface area contributed by atoms with Crippen LogP contribution in [-0.2, 0) is 9.84 Å². The number of aromatic carboxylic acids is 1. The van der Waals surface area contributed by atoms with E-state index in [0.717, 1.165) is 6.26 Å². The normalized spacial score (nSPS) is 11.3. The first kappa shape index (κ1) is 14.1. The number of carboxylic acid groups (broad SMARTS) is 1. The molecule has 1 aromatic carbocycles. The fraction of sp³-hybridized carbons (Fsp3) is 0.167. The molecule has 0 radical (unpaired) electrons. The van der Waals surface area contributed by atoms with Crippen LogP contribution in [0.15, 0.2) is 33.7 Å². The minimum absolute atomic E-state index is 0.00854. The van der Waals surface area contributed by atoms with Gasteiger partial charge in [0.1, 0.15) is 10.6 Å². The van der Waals surface area contributed by atoms with E-state index in [1.807, 2.05) is 0 Å². The Labute approximate surface area is 114 Å². The van der Waals surface area contributed by atoms with Gasteiger partial charge in [-0.15, -0.1) is 0 Å². The molecule has 8 heteroatoms. The van der Waals surface area contributed by atoms with Gasteiger partial charge in [0, 0.05) is 17.9 Å². The van der Waals surface area contributed by atoms with Crippen molar-refractivity contribution < 1.29 is 27.6 Å². The molecule has 1 heterocycles. The zero-order valence-electron chi connectivity index (χ0n) is 10.7. The first-order valence-corrected chi connectivity index (χ1v) is 7.30. The summed E-state index contributed by atoms with van der Waals surface area (Å²) < 4.78 is 33.3. The molecule has 106 valence electrons. The van der Waals surface area contributed by atoms with E-state index in [9.17, 15) is 13.2 Å². The molecule has 0 bridgehead atoms. The molecule has 0 atom stereocenters. The Bertz CT molecular complexity index is 762. The second kappa shape index (κ2) is 4.97. The molecule has 0 unspecified atom stereocenters. The van der Waals surface area contributed by atoms with Gasteiger partial charge in [0.05, 0.1) is 7.11 Å². The van der Waals surface area contributed by atoms with Crippen molar-refractivity contribution in [3.8, 4) is 17.1 Å². The number of nitrogens with zero attached hydrogens (tertiary/aromatic N) is 1. The summed E-state index contributed by atoms with van der Waals surface area (Å²) >= 11 is 0. The fourth-order valence-corrected chi connectivity index (χ4v) is 2.49. The lowest BCUT2D eigenvalue weighted by Gasteiger charge is -2.07. The van der Waals surface area contributed by atoms with Crippen LogP contribution in [0.3, 0.4) is 0 Å². The van der Waals surface area contributed by atoms with Gasteiger partial charge in [-0.05, 0) is 18.2 Å². The van der Waals surface area contributed by atoms with Crippen LogP contribution in [0.2, 0.25) is 0 Å². The van der Waals surface area contributed by atoms with Crippen LogP contribution in [0.25, 0.3) is 11.3 Å². The Balaban J connectivity index is 2.55. The Morgan fingerprint density at radius 3 is 2.55 bits per heavy atom. The second-order valence-electron chi connectivity index (χ2n) is 4.02. The highest BCUT2D eigenvalue weighted by Crippen LogP contribution is 2.30. The van der Waals surface area contributed by atoms with E-state index in [1.165, 1.54) is 25.3 Å². The maximum atomic E-state index is 11.7. The van der Waals surface area contributed by atoms with Crippen molar-refractivity contribution in [3.05, 3.63) is 30.0 Å². The van der Waals surface area contributed by atoms with Crippen LogP contribution in [0, 0.1) is 0 Å². The van der Waals surface area contributed by atoms with E-state index < -0.39 is 15.8 Å². The third kappa shape index (κ3) is 2.64. The summed E-state index contributed by atoms with van der Waals surface area (Å²) in [6, 6.07) is 5.59. The SMILES string of the molecule is COc1ccc(-c2cc(C(=O)O)no2)cc1S(C)(=O)=O.